The Bertz CT molecular complexity index is 1080. The van der Waals surface area contributed by atoms with Crippen LogP contribution in [0.2, 0.25) is 0 Å². The van der Waals surface area contributed by atoms with Gasteiger partial charge < -0.3 is 4.74 Å². The number of hydrogen-bond acceptors (Lipinski definition) is 6. The molecule has 0 unspecified atom stereocenters. The highest BCUT2D eigenvalue weighted by Gasteiger charge is 2.14. The van der Waals surface area contributed by atoms with E-state index >= 15 is 0 Å². The van der Waals surface area contributed by atoms with Gasteiger partial charge in [0.1, 0.15) is 5.75 Å². The average molecular weight is 315 g/mol. The minimum atomic E-state index is -0.689. The number of rotatable bonds is 2. The molecule has 0 fully saturated rings. The molecule has 0 aliphatic carbocycles. The molecule has 0 N–H and O–H groups in total. The summed E-state index contributed by atoms with van der Waals surface area (Å²) in [6.45, 7) is 0. The molecule has 0 aliphatic heterocycles. The number of methoxy groups -OCH3 is 1. The van der Waals surface area contributed by atoms with E-state index in [4.69, 9.17) is 4.74 Å². The Kier molecular flexibility index (Phi) is 3.32. The molecule has 0 saturated heterocycles. The molecular weight excluding hydrogens is 302 g/mol. The van der Waals surface area contributed by atoms with Crippen LogP contribution < -0.4 is 21.7 Å². The third-order valence-corrected chi connectivity index (χ3v) is 3.51. The van der Waals surface area contributed by atoms with Gasteiger partial charge in [-0.1, -0.05) is 0 Å². The van der Waals surface area contributed by atoms with Gasteiger partial charge in [-0.3, -0.25) is 13.9 Å². The maximum absolute atomic E-state index is 12.2. The largest absolute Gasteiger partial charge is 0.497 e. The van der Waals surface area contributed by atoms with Gasteiger partial charge in [0.05, 0.1) is 12.8 Å². The van der Waals surface area contributed by atoms with Crippen molar-refractivity contribution in [1.82, 2.24) is 23.9 Å². The average Bonchev–Trinajstić information content (AvgIpc) is 2.58. The molecule has 0 radical (unpaired) electrons. The highest BCUT2D eigenvalue weighted by atomic mass is 16.5. The third-order valence-electron chi connectivity index (χ3n) is 3.51. The summed E-state index contributed by atoms with van der Waals surface area (Å²) in [6.07, 6.45) is 0. The smallest absolute Gasteiger partial charge is 0.370 e. The van der Waals surface area contributed by atoms with Crippen molar-refractivity contribution in [2.75, 3.05) is 7.11 Å². The van der Waals surface area contributed by atoms with Crippen molar-refractivity contribution in [3.05, 3.63) is 55.6 Å². The van der Waals surface area contributed by atoms with Gasteiger partial charge >= 0.3 is 11.4 Å². The fourth-order valence-electron chi connectivity index (χ4n) is 2.20. The van der Waals surface area contributed by atoms with Crippen molar-refractivity contribution < 1.29 is 4.74 Å². The van der Waals surface area contributed by atoms with Crippen LogP contribution in [0, 0.1) is 0 Å². The van der Waals surface area contributed by atoms with Gasteiger partial charge in [-0.25, -0.2) is 9.59 Å². The number of ether oxygens (including phenoxy) is 1. The maximum atomic E-state index is 12.2. The summed E-state index contributed by atoms with van der Waals surface area (Å²) in [5.41, 5.74) is -1.55. The van der Waals surface area contributed by atoms with E-state index < -0.39 is 16.9 Å². The molecule has 9 nitrogen and oxygen atoms in total. The zero-order valence-electron chi connectivity index (χ0n) is 12.7. The Labute approximate surface area is 129 Å². The lowest BCUT2D eigenvalue weighted by molar-refractivity contribution is 0.414. The molecule has 0 saturated carbocycles. The first-order valence-electron chi connectivity index (χ1n) is 6.65. The summed E-state index contributed by atoms with van der Waals surface area (Å²) >= 11 is 0. The number of fused-ring (bicyclic) bond motifs is 1. The summed E-state index contributed by atoms with van der Waals surface area (Å²) in [7, 11) is 4.30. The topological polar surface area (TPSA) is 101 Å². The van der Waals surface area contributed by atoms with Crippen LogP contribution in [0.5, 0.6) is 5.75 Å². The van der Waals surface area contributed by atoms with E-state index in [1.165, 1.54) is 21.2 Å². The van der Waals surface area contributed by atoms with Crippen molar-refractivity contribution in [2.24, 2.45) is 14.1 Å². The van der Waals surface area contributed by atoms with Crippen LogP contribution in [0.25, 0.3) is 16.9 Å². The molecule has 23 heavy (non-hydrogen) atoms. The molecule has 1 aromatic carbocycles. The SMILES string of the molecule is COc1ccc(-n2nc3c(=O)n(C)c(=O)n(C)c3nc2=O)cc1. The van der Waals surface area contributed by atoms with Crippen LogP contribution >= 0.6 is 0 Å². The van der Waals surface area contributed by atoms with E-state index in [0.29, 0.717) is 11.4 Å². The lowest BCUT2D eigenvalue weighted by atomic mass is 10.3. The Morgan fingerprint density at radius 1 is 1.00 bits per heavy atom. The number of aryl methyl sites for hydroxylation is 1. The van der Waals surface area contributed by atoms with E-state index in [2.05, 4.69) is 10.1 Å². The van der Waals surface area contributed by atoms with E-state index in [1.807, 2.05) is 0 Å². The third kappa shape index (κ3) is 2.22. The molecule has 118 valence electrons. The second-order valence-electron chi connectivity index (χ2n) is 4.88. The molecular formula is C14H13N5O4. The van der Waals surface area contributed by atoms with Crippen LogP contribution in [0.1, 0.15) is 0 Å². The first-order valence-corrected chi connectivity index (χ1v) is 6.65. The first-order chi connectivity index (χ1) is 10.9. The van der Waals surface area contributed by atoms with Crippen LogP contribution in [0.4, 0.5) is 0 Å². The lowest BCUT2D eigenvalue weighted by Gasteiger charge is -2.08. The van der Waals surface area contributed by atoms with Crippen molar-refractivity contribution in [3.8, 4) is 11.4 Å². The van der Waals surface area contributed by atoms with Crippen LogP contribution in [0.3, 0.4) is 0 Å². The van der Waals surface area contributed by atoms with Gasteiger partial charge in [0, 0.05) is 14.1 Å². The molecule has 2 aromatic heterocycles. The first kappa shape index (κ1) is 14.7. The van der Waals surface area contributed by atoms with E-state index in [0.717, 1.165) is 13.8 Å². The van der Waals surface area contributed by atoms with E-state index in [1.54, 1.807) is 24.3 Å². The number of hydrogen-bond donors (Lipinski definition) is 0. The van der Waals surface area contributed by atoms with Gasteiger partial charge in [-0.2, -0.15) is 14.8 Å². The quantitative estimate of drug-likeness (QED) is 0.613. The summed E-state index contributed by atoms with van der Waals surface area (Å²) in [4.78, 5) is 40.1. The molecule has 0 atom stereocenters. The number of aromatic nitrogens is 5. The monoisotopic (exact) mass is 315 g/mol. The maximum Gasteiger partial charge on any atom is 0.370 e. The highest BCUT2D eigenvalue weighted by Crippen LogP contribution is 2.13. The second-order valence-corrected chi connectivity index (χ2v) is 4.88. The standard InChI is InChI=1S/C14H13N5O4/c1-17-11-10(12(20)18(2)14(17)22)16-19(13(21)15-11)8-4-6-9(23-3)7-5-8/h4-7H,1-3H3. The predicted octanol–water partition coefficient (Wildman–Crippen LogP) is -0.813. The molecule has 3 rings (SSSR count). The fourth-order valence-corrected chi connectivity index (χ4v) is 2.20. The van der Waals surface area contributed by atoms with E-state index in [-0.39, 0.29) is 11.2 Å². The Hall–Kier alpha value is -3.23. The fraction of sp³-hybridized carbons (Fsp3) is 0.214. The number of benzene rings is 1. The van der Waals surface area contributed by atoms with Gasteiger partial charge in [0.15, 0.2) is 11.2 Å². The molecule has 0 amide bonds. The zero-order valence-corrected chi connectivity index (χ0v) is 12.7. The van der Waals surface area contributed by atoms with Crippen molar-refractivity contribution in [1.29, 1.82) is 0 Å². The minimum Gasteiger partial charge on any atom is -0.497 e. The predicted molar refractivity (Wildman–Crippen MR) is 82.2 cm³/mol. The van der Waals surface area contributed by atoms with Crippen molar-refractivity contribution >= 4 is 11.2 Å². The van der Waals surface area contributed by atoms with E-state index in [9.17, 15) is 14.4 Å². The van der Waals surface area contributed by atoms with Crippen LogP contribution in [0.15, 0.2) is 38.6 Å². The molecule has 0 spiro atoms. The minimum absolute atomic E-state index is 0.0483. The highest BCUT2D eigenvalue weighted by molar-refractivity contribution is 5.67. The van der Waals surface area contributed by atoms with Crippen LogP contribution in [-0.4, -0.2) is 31.0 Å². The van der Waals surface area contributed by atoms with Crippen molar-refractivity contribution in [3.63, 3.8) is 0 Å². The van der Waals surface area contributed by atoms with Gasteiger partial charge in [0.25, 0.3) is 5.56 Å². The molecule has 2 heterocycles. The second kappa shape index (κ2) is 5.20. The lowest BCUT2D eigenvalue weighted by Crippen LogP contribution is -2.40. The summed E-state index contributed by atoms with van der Waals surface area (Å²) in [5.74, 6) is 0.619. The summed E-state index contributed by atoms with van der Waals surface area (Å²) in [6, 6.07) is 6.55. The molecule has 0 bridgehead atoms. The normalized spacial score (nSPS) is 10.9. The Morgan fingerprint density at radius 3 is 2.26 bits per heavy atom. The van der Waals surface area contributed by atoms with Gasteiger partial charge in [-0.15, -0.1) is 0 Å². The summed E-state index contributed by atoms with van der Waals surface area (Å²) < 4.78 is 8.09. The van der Waals surface area contributed by atoms with Gasteiger partial charge in [0.2, 0.25) is 0 Å². The molecule has 3 aromatic rings. The van der Waals surface area contributed by atoms with Crippen LogP contribution in [-0.2, 0) is 14.1 Å². The zero-order chi connectivity index (χ0) is 16.7. The number of nitrogens with zero attached hydrogens (tertiary/aromatic N) is 5. The Balaban J connectivity index is 2.35. The van der Waals surface area contributed by atoms with Gasteiger partial charge in [-0.05, 0) is 24.3 Å². The Morgan fingerprint density at radius 2 is 1.65 bits per heavy atom. The van der Waals surface area contributed by atoms with Crippen molar-refractivity contribution in [2.45, 2.75) is 0 Å². The molecule has 0 aliphatic rings. The molecule has 9 heteroatoms. The summed E-state index contributed by atoms with van der Waals surface area (Å²) in [5, 5.41) is 4.07.